The van der Waals surface area contributed by atoms with Crippen molar-refractivity contribution in [1.29, 1.82) is 0 Å². The number of amides is 2. The Morgan fingerprint density at radius 3 is 2.26 bits per heavy atom. The summed E-state index contributed by atoms with van der Waals surface area (Å²) in [6.45, 7) is 1.65. The molecular formula is C24H19Br2N3O5. The van der Waals surface area contributed by atoms with Crippen LogP contribution in [0.3, 0.4) is 0 Å². The van der Waals surface area contributed by atoms with Crippen LogP contribution in [-0.4, -0.2) is 30.6 Å². The molecule has 0 aromatic heterocycles. The number of benzene rings is 3. The van der Waals surface area contributed by atoms with Gasteiger partial charge in [-0.3, -0.25) is 9.59 Å². The third kappa shape index (κ3) is 6.52. The maximum Gasteiger partial charge on any atom is 0.344 e. The van der Waals surface area contributed by atoms with Crippen molar-refractivity contribution < 1.29 is 23.9 Å². The molecule has 3 aromatic rings. The fourth-order valence-electron chi connectivity index (χ4n) is 2.73. The molecule has 0 saturated carbocycles. The van der Waals surface area contributed by atoms with E-state index in [2.05, 4.69) is 47.7 Å². The number of ether oxygens (including phenoxy) is 2. The standard InChI is InChI=1S/C24H19Br2N3O5/c1-14(28-29-23(31)22(30)27-17-10-8-16(25)9-11-17)15-7-12-20(21(13-15)33-2)34-24(32)18-5-3-4-6-19(18)26/h3-13H,1-2H3,(H,27,30)(H,29,31)/b28-14+. The fourth-order valence-corrected chi connectivity index (χ4v) is 3.44. The molecule has 0 radical (unpaired) electrons. The number of carbonyl (C=O) groups is 3. The highest BCUT2D eigenvalue weighted by molar-refractivity contribution is 9.10. The molecule has 3 rings (SSSR count). The lowest BCUT2D eigenvalue weighted by Gasteiger charge is -2.12. The van der Waals surface area contributed by atoms with E-state index in [-0.39, 0.29) is 5.75 Å². The summed E-state index contributed by atoms with van der Waals surface area (Å²) in [5.74, 6) is -1.81. The quantitative estimate of drug-likeness (QED) is 0.140. The van der Waals surface area contributed by atoms with Gasteiger partial charge in [0.05, 0.1) is 18.4 Å². The smallest absolute Gasteiger partial charge is 0.344 e. The highest BCUT2D eigenvalue weighted by Gasteiger charge is 2.17. The summed E-state index contributed by atoms with van der Waals surface area (Å²) in [6, 6.07) is 18.5. The highest BCUT2D eigenvalue weighted by Crippen LogP contribution is 2.30. The minimum atomic E-state index is -0.923. The molecule has 0 atom stereocenters. The number of hydrogen-bond acceptors (Lipinski definition) is 6. The maximum absolute atomic E-state index is 12.5. The van der Waals surface area contributed by atoms with Gasteiger partial charge in [0.1, 0.15) is 0 Å². The first-order chi connectivity index (χ1) is 16.3. The summed E-state index contributed by atoms with van der Waals surface area (Å²) in [7, 11) is 1.44. The summed E-state index contributed by atoms with van der Waals surface area (Å²) in [5, 5.41) is 6.46. The number of nitrogens with zero attached hydrogens (tertiary/aromatic N) is 1. The second-order valence-corrected chi connectivity index (χ2v) is 8.60. The molecule has 34 heavy (non-hydrogen) atoms. The lowest BCUT2D eigenvalue weighted by Crippen LogP contribution is -2.32. The molecule has 2 amide bonds. The first kappa shape index (κ1) is 25.1. The van der Waals surface area contributed by atoms with Gasteiger partial charge in [0.15, 0.2) is 11.5 Å². The summed E-state index contributed by atoms with van der Waals surface area (Å²) < 4.78 is 12.3. The molecule has 0 unspecified atom stereocenters. The van der Waals surface area contributed by atoms with E-state index in [1.54, 1.807) is 73.7 Å². The molecule has 0 aliphatic carbocycles. The second kappa shape index (κ2) is 11.6. The van der Waals surface area contributed by atoms with E-state index in [0.29, 0.717) is 32.7 Å². The summed E-state index contributed by atoms with van der Waals surface area (Å²) >= 11 is 6.62. The Morgan fingerprint density at radius 2 is 1.59 bits per heavy atom. The van der Waals surface area contributed by atoms with E-state index >= 15 is 0 Å². The molecule has 174 valence electrons. The monoisotopic (exact) mass is 587 g/mol. The SMILES string of the molecule is COc1cc(/C(C)=N/NC(=O)C(=O)Nc2ccc(Br)cc2)ccc1OC(=O)c1ccccc1Br. The first-order valence-electron chi connectivity index (χ1n) is 9.84. The Balaban J connectivity index is 1.67. The van der Waals surface area contributed by atoms with Crippen LogP contribution in [0.2, 0.25) is 0 Å². The molecule has 0 heterocycles. The minimum absolute atomic E-state index is 0.220. The predicted molar refractivity (Wildman–Crippen MR) is 135 cm³/mol. The topological polar surface area (TPSA) is 106 Å². The van der Waals surface area contributed by atoms with Gasteiger partial charge in [0.2, 0.25) is 0 Å². The van der Waals surface area contributed by atoms with Crippen LogP contribution >= 0.6 is 31.9 Å². The van der Waals surface area contributed by atoms with Crippen molar-refractivity contribution >= 4 is 61.0 Å². The van der Waals surface area contributed by atoms with E-state index < -0.39 is 17.8 Å². The number of hydrazone groups is 1. The van der Waals surface area contributed by atoms with Crippen molar-refractivity contribution in [2.45, 2.75) is 6.92 Å². The second-order valence-electron chi connectivity index (χ2n) is 6.83. The number of anilines is 1. The van der Waals surface area contributed by atoms with Gasteiger partial charge in [-0.2, -0.15) is 5.10 Å². The van der Waals surface area contributed by atoms with Crippen molar-refractivity contribution in [2.24, 2.45) is 5.10 Å². The molecule has 2 N–H and O–H groups in total. The predicted octanol–water partition coefficient (Wildman–Crippen LogP) is 4.92. The van der Waals surface area contributed by atoms with Crippen LogP contribution in [0.4, 0.5) is 5.69 Å². The van der Waals surface area contributed by atoms with Crippen molar-refractivity contribution in [3.63, 3.8) is 0 Å². The van der Waals surface area contributed by atoms with Crippen LogP contribution in [0.5, 0.6) is 11.5 Å². The molecule has 0 aliphatic rings. The molecule has 3 aromatic carbocycles. The van der Waals surface area contributed by atoms with E-state index in [1.807, 2.05) is 0 Å². The van der Waals surface area contributed by atoms with Gasteiger partial charge >= 0.3 is 17.8 Å². The number of nitrogens with one attached hydrogen (secondary N) is 2. The van der Waals surface area contributed by atoms with Crippen molar-refractivity contribution in [2.75, 3.05) is 12.4 Å². The lowest BCUT2D eigenvalue weighted by molar-refractivity contribution is -0.136. The van der Waals surface area contributed by atoms with E-state index in [1.165, 1.54) is 7.11 Å². The fraction of sp³-hybridized carbons (Fsp3) is 0.0833. The highest BCUT2D eigenvalue weighted by atomic mass is 79.9. The van der Waals surface area contributed by atoms with Gasteiger partial charge in [-0.25, -0.2) is 10.2 Å². The van der Waals surface area contributed by atoms with Gasteiger partial charge in [-0.15, -0.1) is 0 Å². The average Bonchev–Trinajstić information content (AvgIpc) is 2.84. The normalized spacial score (nSPS) is 10.9. The number of rotatable bonds is 6. The van der Waals surface area contributed by atoms with Crippen molar-refractivity contribution in [3.05, 3.63) is 86.8 Å². The average molecular weight is 589 g/mol. The van der Waals surface area contributed by atoms with E-state index in [9.17, 15) is 14.4 Å². The zero-order valence-corrected chi connectivity index (χ0v) is 21.3. The summed E-state index contributed by atoms with van der Waals surface area (Å²) in [5.41, 5.74) is 4.06. The van der Waals surface area contributed by atoms with Crippen LogP contribution in [0, 0.1) is 0 Å². The molecule has 8 nitrogen and oxygen atoms in total. The lowest BCUT2D eigenvalue weighted by atomic mass is 10.1. The molecule has 0 fully saturated rings. The third-order valence-corrected chi connectivity index (χ3v) is 5.73. The summed E-state index contributed by atoms with van der Waals surface area (Å²) in [4.78, 5) is 36.6. The molecule has 0 aliphatic heterocycles. The Kier molecular flexibility index (Phi) is 8.55. The molecule has 0 spiro atoms. The Labute approximate surface area is 212 Å². The Hall–Kier alpha value is -3.50. The molecule has 0 saturated heterocycles. The van der Waals surface area contributed by atoms with Crippen molar-refractivity contribution in [1.82, 2.24) is 5.43 Å². The van der Waals surface area contributed by atoms with Gasteiger partial charge in [0, 0.05) is 20.2 Å². The van der Waals surface area contributed by atoms with Crippen LogP contribution in [0.15, 0.2) is 80.8 Å². The van der Waals surface area contributed by atoms with Crippen LogP contribution < -0.4 is 20.2 Å². The Morgan fingerprint density at radius 1 is 0.882 bits per heavy atom. The van der Waals surface area contributed by atoms with Crippen LogP contribution in [-0.2, 0) is 9.59 Å². The largest absolute Gasteiger partial charge is 0.493 e. The zero-order chi connectivity index (χ0) is 24.7. The summed E-state index contributed by atoms with van der Waals surface area (Å²) in [6.07, 6.45) is 0. The van der Waals surface area contributed by atoms with Crippen LogP contribution in [0.1, 0.15) is 22.8 Å². The maximum atomic E-state index is 12.5. The van der Waals surface area contributed by atoms with Gasteiger partial charge < -0.3 is 14.8 Å². The Bertz CT molecular complexity index is 1260. The first-order valence-corrected chi connectivity index (χ1v) is 11.4. The van der Waals surface area contributed by atoms with Crippen LogP contribution in [0.25, 0.3) is 0 Å². The number of esters is 1. The van der Waals surface area contributed by atoms with E-state index in [4.69, 9.17) is 9.47 Å². The number of hydrogen-bond donors (Lipinski definition) is 2. The molecule has 0 bridgehead atoms. The van der Waals surface area contributed by atoms with Gasteiger partial charge in [-0.05, 0) is 77.5 Å². The van der Waals surface area contributed by atoms with Crippen molar-refractivity contribution in [3.8, 4) is 11.5 Å². The zero-order valence-electron chi connectivity index (χ0n) is 18.1. The molecule has 10 heteroatoms. The van der Waals surface area contributed by atoms with Gasteiger partial charge in [0.25, 0.3) is 0 Å². The van der Waals surface area contributed by atoms with E-state index in [0.717, 1.165) is 4.47 Å². The molecular weight excluding hydrogens is 570 g/mol. The minimum Gasteiger partial charge on any atom is -0.493 e. The third-order valence-electron chi connectivity index (χ3n) is 4.51. The number of carbonyl (C=O) groups excluding carboxylic acids is 3. The number of methoxy groups -OCH3 is 1. The number of halogens is 2. The van der Waals surface area contributed by atoms with Gasteiger partial charge in [-0.1, -0.05) is 28.1 Å².